The third kappa shape index (κ3) is 3.96. The lowest BCUT2D eigenvalue weighted by atomic mass is 10.0. The summed E-state index contributed by atoms with van der Waals surface area (Å²) in [5, 5.41) is 10.3. The van der Waals surface area contributed by atoms with Gasteiger partial charge in [-0.3, -0.25) is 4.79 Å². The molecule has 1 amide bonds. The van der Waals surface area contributed by atoms with E-state index in [1.165, 1.54) is 0 Å². The summed E-state index contributed by atoms with van der Waals surface area (Å²) in [6.45, 7) is 6.71. The first-order chi connectivity index (χ1) is 9.40. The number of amides is 1. The minimum atomic E-state index is -0.204. The van der Waals surface area contributed by atoms with E-state index in [9.17, 15) is 4.79 Å². The van der Waals surface area contributed by atoms with Crippen molar-refractivity contribution in [1.29, 1.82) is 0 Å². The molecule has 1 aromatic rings. The zero-order valence-electron chi connectivity index (χ0n) is 13.3. The van der Waals surface area contributed by atoms with E-state index in [-0.39, 0.29) is 11.9 Å². The Bertz CT molecular complexity index is 454. The highest BCUT2D eigenvalue weighted by atomic mass is 16.5. The quantitative estimate of drug-likeness (QED) is 0.782. The lowest BCUT2D eigenvalue weighted by Crippen LogP contribution is -2.43. The van der Waals surface area contributed by atoms with Crippen LogP contribution in [-0.4, -0.2) is 35.9 Å². The monoisotopic (exact) mass is 282 g/mol. The second-order valence-corrected chi connectivity index (χ2v) is 5.37. The van der Waals surface area contributed by atoms with Crippen LogP contribution in [0.25, 0.3) is 0 Å². The van der Waals surface area contributed by atoms with E-state index in [0.717, 1.165) is 23.6 Å². The molecule has 114 valence electrons. The van der Waals surface area contributed by atoms with Crippen molar-refractivity contribution in [2.75, 3.05) is 14.2 Å². The van der Waals surface area contributed by atoms with Crippen LogP contribution in [0.1, 0.15) is 31.5 Å². The maximum atomic E-state index is 11.9. The van der Waals surface area contributed by atoms with Gasteiger partial charge in [-0.1, -0.05) is 13.8 Å². The summed E-state index contributed by atoms with van der Waals surface area (Å²) in [5.41, 5.74) is 1.91. The third-order valence-corrected chi connectivity index (χ3v) is 3.28. The van der Waals surface area contributed by atoms with Gasteiger partial charge in [0.2, 0.25) is 11.8 Å². The van der Waals surface area contributed by atoms with Crippen molar-refractivity contribution in [2.24, 2.45) is 13.0 Å². The molecule has 0 aliphatic carbocycles. The van der Waals surface area contributed by atoms with Crippen molar-refractivity contribution in [3.05, 3.63) is 11.3 Å². The molecule has 0 saturated carbocycles. The van der Waals surface area contributed by atoms with Gasteiger partial charge in [-0.05, 0) is 19.3 Å². The Hall–Kier alpha value is -1.56. The van der Waals surface area contributed by atoms with Crippen LogP contribution in [0.15, 0.2) is 0 Å². The molecule has 1 unspecified atom stereocenters. The molecule has 1 atom stereocenters. The van der Waals surface area contributed by atoms with Crippen molar-refractivity contribution in [2.45, 2.75) is 39.8 Å². The Morgan fingerprint density at radius 3 is 2.60 bits per heavy atom. The van der Waals surface area contributed by atoms with Crippen LogP contribution in [0.2, 0.25) is 0 Å². The lowest BCUT2D eigenvalue weighted by molar-refractivity contribution is -0.123. The Labute approximate surface area is 120 Å². The number of methoxy groups -OCH3 is 1. The average molecular weight is 282 g/mol. The van der Waals surface area contributed by atoms with Gasteiger partial charge < -0.3 is 15.4 Å². The molecule has 0 aliphatic rings. The van der Waals surface area contributed by atoms with Gasteiger partial charge in [0, 0.05) is 20.6 Å². The molecule has 6 nitrogen and oxygen atoms in total. The molecule has 0 bridgehead atoms. The molecule has 1 aromatic heterocycles. The number of aromatic nitrogens is 2. The van der Waals surface area contributed by atoms with Gasteiger partial charge in [0.1, 0.15) is 0 Å². The van der Waals surface area contributed by atoms with E-state index < -0.39 is 0 Å². The molecule has 2 N–H and O–H groups in total. The molecule has 20 heavy (non-hydrogen) atoms. The first-order valence-corrected chi connectivity index (χ1v) is 6.92. The zero-order chi connectivity index (χ0) is 15.3. The predicted molar refractivity (Wildman–Crippen MR) is 78.6 cm³/mol. The molecule has 0 saturated heterocycles. The Balaban J connectivity index is 2.79. The van der Waals surface area contributed by atoms with E-state index in [0.29, 0.717) is 12.5 Å². The van der Waals surface area contributed by atoms with Crippen LogP contribution in [-0.2, 0) is 18.4 Å². The largest absolute Gasteiger partial charge is 0.481 e. The van der Waals surface area contributed by atoms with E-state index in [1.807, 2.05) is 14.0 Å². The smallest absolute Gasteiger partial charge is 0.236 e. The summed E-state index contributed by atoms with van der Waals surface area (Å²) in [5.74, 6) is 1.19. The van der Waals surface area contributed by atoms with Crippen LogP contribution in [0, 0.1) is 12.8 Å². The van der Waals surface area contributed by atoms with Crippen molar-refractivity contribution < 1.29 is 9.53 Å². The fourth-order valence-corrected chi connectivity index (χ4v) is 2.29. The first-order valence-electron chi connectivity index (χ1n) is 6.92. The summed E-state index contributed by atoms with van der Waals surface area (Å²) in [6, 6.07) is -0.204. The standard InChI is InChI=1S/C14H26N4O2/c1-9(2)7-12(13(19)15-4)16-8-11-10(3)17-18(5)14(11)20-6/h9,12,16H,7-8H2,1-6H3,(H,15,19). The van der Waals surface area contributed by atoms with Crippen molar-refractivity contribution in [1.82, 2.24) is 20.4 Å². The maximum Gasteiger partial charge on any atom is 0.236 e. The molecule has 0 aromatic carbocycles. The summed E-state index contributed by atoms with van der Waals surface area (Å²) >= 11 is 0. The summed E-state index contributed by atoms with van der Waals surface area (Å²) in [4.78, 5) is 11.9. The van der Waals surface area contributed by atoms with E-state index >= 15 is 0 Å². The van der Waals surface area contributed by atoms with Crippen LogP contribution >= 0.6 is 0 Å². The normalized spacial score (nSPS) is 12.6. The molecule has 0 radical (unpaired) electrons. The minimum absolute atomic E-state index is 0.0132. The van der Waals surface area contributed by atoms with E-state index in [1.54, 1.807) is 18.8 Å². The van der Waals surface area contributed by atoms with E-state index in [4.69, 9.17) is 4.74 Å². The number of hydrogen-bond acceptors (Lipinski definition) is 4. The number of hydrogen-bond donors (Lipinski definition) is 2. The average Bonchev–Trinajstić information content (AvgIpc) is 2.66. The van der Waals surface area contributed by atoms with Crippen molar-refractivity contribution in [3.63, 3.8) is 0 Å². The van der Waals surface area contributed by atoms with Crippen LogP contribution < -0.4 is 15.4 Å². The number of carbonyl (C=O) groups is 1. The second-order valence-electron chi connectivity index (χ2n) is 5.37. The maximum absolute atomic E-state index is 11.9. The molecule has 0 fully saturated rings. The Kier molecular flexibility index (Phi) is 6.01. The van der Waals surface area contributed by atoms with Gasteiger partial charge in [-0.15, -0.1) is 0 Å². The predicted octanol–water partition coefficient (Wildman–Crippen LogP) is 0.987. The van der Waals surface area contributed by atoms with E-state index in [2.05, 4.69) is 29.6 Å². The van der Waals surface area contributed by atoms with Gasteiger partial charge >= 0.3 is 0 Å². The molecular weight excluding hydrogens is 256 g/mol. The number of rotatable bonds is 7. The van der Waals surface area contributed by atoms with Gasteiger partial charge in [0.15, 0.2) is 0 Å². The Morgan fingerprint density at radius 2 is 2.10 bits per heavy atom. The number of aryl methyl sites for hydroxylation is 2. The van der Waals surface area contributed by atoms with Gasteiger partial charge in [-0.2, -0.15) is 5.10 Å². The van der Waals surface area contributed by atoms with Gasteiger partial charge in [0.05, 0.1) is 24.4 Å². The summed E-state index contributed by atoms with van der Waals surface area (Å²) in [7, 11) is 5.14. The minimum Gasteiger partial charge on any atom is -0.481 e. The third-order valence-electron chi connectivity index (χ3n) is 3.28. The number of likely N-dealkylation sites (N-methyl/N-ethyl adjacent to an activating group) is 1. The molecule has 0 spiro atoms. The number of carbonyl (C=O) groups excluding carboxylic acids is 1. The fourth-order valence-electron chi connectivity index (χ4n) is 2.29. The van der Waals surface area contributed by atoms with Crippen LogP contribution in [0.4, 0.5) is 0 Å². The zero-order valence-corrected chi connectivity index (χ0v) is 13.3. The highest BCUT2D eigenvalue weighted by molar-refractivity contribution is 5.81. The highest BCUT2D eigenvalue weighted by Crippen LogP contribution is 2.21. The number of nitrogens with zero attached hydrogens (tertiary/aromatic N) is 2. The molecule has 0 aliphatic heterocycles. The van der Waals surface area contributed by atoms with Gasteiger partial charge in [0.25, 0.3) is 0 Å². The molecular formula is C14H26N4O2. The fraction of sp³-hybridized carbons (Fsp3) is 0.714. The lowest BCUT2D eigenvalue weighted by Gasteiger charge is -2.19. The van der Waals surface area contributed by atoms with Crippen molar-refractivity contribution in [3.8, 4) is 5.88 Å². The SMILES string of the molecule is CNC(=O)C(CC(C)C)NCc1c(C)nn(C)c1OC. The number of nitrogens with one attached hydrogen (secondary N) is 2. The molecule has 6 heteroatoms. The van der Waals surface area contributed by atoms with Gasteiger partial charge in [-0.25, -0.2) is 4.68 Å². The van der Waals surface area contributed by atoms with Crippen LogP contribution in [0.5, 0.6) is 5.88 Å². The van der Waals surface area contributed by atoms with Crippen LogP contribution in [0.3, 0.4) is 0 Å². The molecule has 1 heterocycles. The molecule has 1 rings (SSSR count). The summed E-state index contributed by atoms with van der Waals surface area (Å²) < 4.78 is 7.07. The van der Waals surface area contributed by atoms with Crippen molar-refractivity contribution >= 4 is 5.91 Å². The summed E-state index contributed by atoms with van der Waals surface area (Å²) in [6.07, 6.45) is 0.793. The number of ether oxygens (including phenoxy) is 1. The highest BCUT2D eigenvalue weighted by Gasteiger charge is 2.20. The first kappa shape index (κ1) is 16.5. The second kappa shape index (κ2) is 7.28. The topological polar surface area (TPSA) is 68.2 Å². The Morgan fingerprint density at radius 1 is 1.45 bits per heavy atom.